The summed E-state index contributed by atoms with van der Waals surface area (Å²) in [6.07, 6.45) is -10.7. The van der Waals surface area contributed by atoms with Crippen LogP contribution in [-0.4, -0.2) is 40.7 Å². The van der Waals surface area contributed by atoms with Crippen molar-refractivity contribution in [1.29, 1.82) is 0 Å². The van der Waals surface area contributed by atoms with Crippen LogP contribution in [0, 0.1) is 5.82 Å². The number of nitrogens with zero attached hydrogens (tertiary/aromatic N) is 1. The first-order chi connectivity index (χ1) is 17.2. The van der Waals surface area contributed by atoms with Crippen molar-refractivity contribution in [3.05, 3.63) is 70.0 Å². The lowest BCUT2D eigenvalue weighted by Gasteiger charge is -2.29. The number of nitrogens with one attached hydrogen (secondary N) is 2. The summed E-state index contributed by atoms with van der Waals surface area (Å²) >= 11 is 0. The fraction of sp³-hybridized carbons (Fsp3) is 0.304. The molecular formula is C23H16F7N3O4. The smallest absolute Gasteiger partial charge is 0.337 e. The molecule has 14 heteroatoms. The summed E-state index contributed by atoms with van der Waals surface area (Å²) in [6.45, 7) is -0.180. The standard InChI is InChI=1S/C23H16F7N3O4/c24-12-2-4-14(15(8-12)22(25,26)27)18(23(28,29)30)32-19(35)10-1-3-13-11(7-10)9-33(21(13)37)16-5-6-17(34)31-20(16)36/h1-4,7-8,16,18H,5-6,9H2,(H,32,35)(H,31,34,36)/t16-,18-/m1/s1. The molecule has 0 bridgehead atoms. The van der Waals surface area contributed by atoms with E-state index in [1.807, 2.05) is 0 Å². The lowest BCUT2D eigenvalue weighted by atomic mass is 9.98. The second-order valence-electron chi connectivity index (χ2n) is 8.45. The topological polar surface area (TPSA) is 95.6 Å². The number of amides is 4. The van der Waals surface area contributed by atoms with E-state index >= 15 is 0 Å². The van der Waals surface area contributed by atoms with Crippen LogP contribution in [0.4, 0.5) is 30.7 Å². The van der Waals surface area contributed by atoms with Gasteiger partial charge in [-0.25, -0.2) is 4.39 Å². The molecule has 0 aromatic heterocycles. The van der Waals surface area contributed by atoms with Gasteiger partial charge < -0.3 is 10.2 Å². The van der Waals surface area contributed by atoms with Crippen LogP contribution >= 0.6 is 0 Å². The van der Waals surface area contributed by atoms with E-state index < -0.39 is 65.0 Å². The first-order valence-corrected chi connectivity index (χ1v) is 10.7. The average Bonchev–Trinajstić information content (AvgIpc) is 3.11. The minimum Gasteiger partial charge on any atom is -0.337 e. The fourth-order valence-electron chi connectivity index (χ4n) is 4.29. The van der Waals surface area contributed by atoms with Crippen LogP contribution in [0.25, 0.3) is 0 Å². The Morgan fingerprint density at radius 3 is 2.35 bits per heavy atom. The number of rotatable bonds is 4. The summed E-state index contributed by atoms with van der Waals surface area (Å²) in [5, 5.41) is 3.63. The molecule has 0 spiro atoms. The predicted octanol–water partition coefficient (Wildman–Crippen LogP) is 3.64. The van der Waals surface area contributed by atoms with E-state index in [0.29, 0.717) is 12.1 Å². The molecule has 7 nitrogen and oxygen atoms in total. The number of carbonyl (C=O) groups excluding carboxylic acids is 4. The number of halogens is 7. The summed E-state index contributed by atoms with van der Waals surface area (Å²) in [7, 11) is 0. The number of hydrogen-bond donors (Lipinski definition) is 2. The highest BCUT2D eigenvalue weighted by atomic mass is 19.4. The number of piperidine rings is 1. The van der Waals surface area contributed by atoms with Gasteiger partial charge in [-0.15, -0.1) is 0 Å². The Hall–Kier alpha value is -3.97. The number of benzene rings is 2. The van der Waals surface area contributed by atoms with Crippen LogP contribution in [0.3, 0.4) is 0 Å². The van der Waals surface area contributed by atoms with Gasteiger partial charge in [-0.3, -0.25) is 24.5 Å². The van der Waals surface area contributed by atoms with Gasteiger partial charge in [-0.05, 0) is 47.9 Å². The van der Waals surface area contributed by atoms with Gasteiger partial charge >= 0.3 is 12.4 Å². The van der Waals surface area contributed by atoms with Gasteiger partial charge in [0.2, 0.25) is 11.8 Å². The molecule has 2 aliphatic heterocycles. The molecule has 2 heterocycles. The fourth-order valence-corrected chi connectivity index (χ4v) is 4.29. The van der Waals surface area contributed by atoms with Gasteiger partial charge in [-0.2, -0.15) is 26.3 Å². The largest absolute Gasteiger partial charge is 0.416 e. The highest BCUT2D eigenvalue weighted by Gasteiger charge is 2.47. The minimum atomic E-state index is -5.37. The van der Waals surface area contributed by atoms with Crippen molar-refractivity contribution in [1.82, 2.24) is 15.5 Å². The second-order valence-corrected chi connectivity index (χ2v) is 8.45. The Labute approximate surface area is 203 Å². The van der Waals surface area contributed by atoms with E-state index in [1.54, 1.807) is 0 Å². The molecule has 37 heavy (non-hydrogen) atoms. The number of hydrogen-bond acceptors (Lipinski definition) is 4. The first kappa shape index (κ1) is 26.1. The van der Waals surface area contributed by atoms with Gasteiger partial charge in [0, 0.05) is 24.1 Å². The van der Waals surface area contributed by atoms with Gasteiger partial charge in [0.15, 0.2) is 6.04 Å². The Balaban J connectivity index is 1.60. The normalized spacial score (nSPS) is 18.9. The van der Waals surface area contributed by atoms with Crippen LogP contribution in [-0.2, 0) is 22.3 Å². The molecule has 2 aliphatic rings. The maximum Gasteiger partial charge on any atom is 0.416 e. The molecule has 1 saturated heterocycles. The number of carbonyl (C=O) groups is 4. The van der Waals surface area contributed by atoms with E-state index in [-0.39, 0.29) is 42.1 Å². The van der Waals surface area contributed by atoms with Crippen LogP contribution in [0.1, 0.15) is 56.3 Å². The average molecular weight is 531 g/mol. The maximum atomic E-state index is 13.8. The van der Waals surface area contributed by atoms with Crippen LogP contribution in [0.15, 0.2) is 36.4 Å². The van der Waals surface area contributed by atoms with E-state index in [2.05, 4.69) is 5.32 Å². The summed E-state index contributed by atoms with van der Waals surface area (Å²) in [6, 6.07) is -0.198. The van der Waals surface area contributed by atoms with E-state index in [4.69, 9.17) is 0 Å². The van der Waals surface area contributed by atoms with E-state index in [9.17, 15) is 49.9 Å². The Morgan fingerprint density at radius 2 is 1.73 bits per heavy atom. The predicted molar refractivity (Wildman–Crippen MR) is 110 cm³/mol. The van der Waals surface area contributed by atoms with Gasteiger partial charge in [-0.1, -0.05) is 6.07 Å². The summed E-state index contributed by atoms with van der Waals surface area (Å²) in [5.41, 5.74) is -3.40. The SMILES string of the molecule is O=C1CC[C@@H](N2Cc3cc(C(=O)N[C@H](c4ccc(F)cc4C(F)(F)F)C(F)(F)F)ccc3C2=O)C(=O)N1. The molecule has 0 saturated carbocycles. The van der Waals surface area contributed by atoms with Crippen molar-refractivity contribution >= 4 is 23.6 Å². The van der Waals surface area contributed by atoms with Crippen molar-refractivity contribution in [3.8, 4) is 0 Å². The zero-order valence-electron chi connectivity index (χ0n) is 18.5. The Kier molecular flexibility index (Phi) is 6.46. The van der Waals surface area contributed by atoms with Crippen molar-refractivity contribution < 1.29 is 49.9 Å². The van der Waals surface area contributed by atoms with Crippen LogP contribution in [0.2, 0.25) is 0 Å². The highest BCUT2D eigenvalue weighted by Crippen LogP contribution is 2.41. The molecule has 196 valence electrons. The number of imide groups is 1. The summed E-state index contributed by atoms with van der Waals surface area (Å²) in [4.78, 5) is 50.1. The molecular weight excluding hydrogens is 515 g/mol. The summed E-state index contributed by atoms with van der Waals surface area (Å²) < 4.78 is 94.7. The lowest BCUT2D eigenvalue weighted by molar-refractivity contribution is -0.160. The Bertz CT molecular complexity index is 1310. The maximum absolute atomic E-state index is 13.8. The van der Waals surface area contributed by atoms with Crippen LogP contribution < -0.4 is 10.6 Å². The lowest BCUT2D eigenvalue weighted by Crippen LogP contribution is -2.52. The van der Waals surface area contributed by atoms with Gasteiger partial charge in [0.05, 0.1) is 5.56 Å². The molecule has 0 unspecified atom stereocenters. The van der Waals surface area contributed by atoms with Gasteiger partial charge in [0.25, 0.3) is 11.8 Å². The third kappa shape index (κ3) is 5.13. The molecule has 2 aromatic carbocycles. The third-order valence-electron chi connectivity index (χ3n) is 6.02. The molecule has 2 N–H and O–H groups in total. The number of alkyl halides is 6. The number of fused-ring (bicyclic) bond motifs is 1. The highest BCUT2D eigenvalue weighted by molar-refractivity contribution is 6.06. The monoisotopic (exact) mass is 531 g/mol. The van der Waals surface area contributed by atoms with Crippen molar-refractivity contribution in [2.75, 3.05) is 0 Å². The molecule has 4 rings (SSSR count). The molecule has 0 aliphatic carbocycles. The van der Waals surface area contributed by atoms with E-state index in [0.717, 1.165) is 23.1 Å². The molecule has 2 aromatic rings. The van der Waals surface area contributed by atoms with Crippen LogP contribution in [0.5, 0.6) is 0 Å². The van der Waals surface area contributed by atoms with E-state index in [1.165, 1.54) is 5.32 Å². The zero-order valence-corrected chi connectivity index (χ0v) is 18.5. The second kappa shape index (κ2) is 9.16. The Morgan fingerprint density at radius 1 is 1.03 bits per heavy atom. The zero-order chi connectivity index (χ0) is 27.3. The van der Waals surface area contributed by atoms with Gasteiger partial charge in [0.1, 0.15) is 11.9 Å². The molecule has 2 atom stereocenters. The molecule has 1 fully saturated rings. The molecule has 0 radical (unpaired) electrons. The molecule has 4 amide bonds. The summed E-state index contributed by atoms with van der Waals surface area (Å²) in [5.74, 6) is -4.59. The third-order valence-corrected chi connectivity index (χ3v) is 6.02. The first-order valence-electron chi connectivity index (χ1n) is 10.7. The minimum absolute atomic E-state index is 0.00762. The van der Waals surface area contributed by atoms with Crippen molar-refractivity contribution in [3.63, 3.8) is 0 Å². The quantitative estimate of drug-likeness (QED) is 0.466. The van der Waals surface area contributed by atoms with Crippen molar-refractivity contribution in [2.45, 2.75) is 43.8 Å². The van der Waals surface area contributed by atoms with Crippen molar-refractivity contribution in [2.24, 2.45) is 0 Å².